The summed E-state index contributed by atoms with van der Waals surface area (Å²) < 4.78 is 19.6. The molecule has 1 atom stereocenters. The van der Waals surface area contributed by atoms with Gasteiger partial charge in [0.2, 0.25) is 0 Å². The number of hydrogen-bond donors (Lipinski definition) is 4. The number of carboxylic acid groups (broad SMARTS) is 1. The van der Waals surface area contributed by atoms with Crippen LogP contribution in [-0.4, -0.2) is 45.4 Å². The molecule has 1 aromatic rings. The lowest BCUT2D eigenvalue weighted by molar-refractivity contribution is -0.0662. The summed E-state index contributed by atoms with van der Waals surface area (Å²) in [6.07, 6.45) is -0.389. The number of benzene rings is 1. The molecule has 10 heteroatoms. The third kappa shape index (κ3) is 4.27. The minimum absolute atomic E-state index is 0.244. The Morgan fingerprint density at radius 2 is 2.11 bits per heavy atom. The second-order valence-electron chi connectivity index (χ2n) is 7.36. The highest BCUT2D eigenvalue weighted by Crippen LogP contribution is 2.43. The van der Waals surface area contributed by atoms with Crippen LogP contribution in [0.15, 0.2) is 27.8 Å². The number of ether oxygens (including phenoxy) is 1. The minimum atomic E-state index is -1.15. The van der Waals surface area contributed by atoms with Crippen LogP contribution in [0.25, 0.3) is 0 Å². The number of amides is 2. The zero-order valence-electron chi connectivity index (χ0n) is 15.2. The molecule has 1 aliphatic carbocycles. The van der Waals surface area contributed by atoms with Gasteiger partial charge in [-0.2, -0.15) is 5.10 Å². The molecule has 2 aliphatic rings. The van der Waals surface area contributed by atoms with Crippen LogP contribution in [0, 0.1) is 5.82 Å². The molecular formula is C18H21BrFN3O5. The average Bonchev–Trinajstić information content (AvgIpc) is 2.58. The van der Waals surface area contributed by atoms with Gasteiger partial charge in [0.25, 0.3) is 0 Å². The first-order chi connectivity index (χ1) is 13.1. The zero-order chi connectivity index (χ0) is 20.5. The van der Waals surface area contributed by atoms with Crippen molar-refractivity contribution in [2.75, 3.05) is 0 Å². The monoisotopic (exact) mass is 457 g/mol. The van der Waals surface area contributed by atoms with Gasteiger partial charge < -0.3 is 20.3 Å². The Morgan fingerprint density at radius 1 is 1.43 bits per heavy atom. The third-order valence-electron chi connectivity index (χ3n) is 5.21. The molecule has 4 N–H and O–H groups in total. The van der Waals surface area contributed by atoms with Gasteiger partial charge in [0.05, 0.1) is 5.60 Å². The number of nitrogens with zero attached hydrogens (tertiary/aromatic N) is 1. The van der Waals surface area contributed by atoms with Crippen LogP contribution in [-0.2, 0) is 4.74 Å². The summed E-state index contributed by atoms with van der Waals surface area (Å²) in [5.41, 5.74) is 1.21. The van der Waals surface area contributed by atoms with Crippen molar-refractivity contribution in [3.63, 3.8) is 0 Å². The van der Waals surface area contributed by atoms with Gasteiger partial charge in [0, 0.05) is 16.1 Å². The van der Waals surface area contributed by atoms with E-state index < -0.39 is 35.2 Å². The van der Waals surface area contributed by atoms with Crippen molar-refractivity contribution in [1.82, 2.24) is 10.7 Å². The number of carbonyl (C=O) groups excluding carboxylic acids is 1. The second-order valence-corrected chi connectivity index (χ2v) is 8.21. The molecule has 3 rings (SSSR count). The van der Waals surface area contributed by atoms with Crippen molar-refractivity contribution in [2.24, 2.45) is 5.10 Å². The van der Waals surface area contributed by atoms with E-state index in [9.17, 15) is 19.1 Å². The van der Waals surface area contributed by atoms with E-state index in [0.29, 0.717) is 41.4 Å². The number of halogens is 2. The highest BCUT2D eigenvalue weighted by molar-refractivity contribution is 9.10. The van der Waals surface area contributed by atoms with Crippen LogP contribution >= 0.6 is 15.9 Å². The fraction of sp³-hybridized carbons (Fsp3) is 0.500. The lowest BCUT2D eigenvalue weighted by atomic mass is 9.70. The molecule has 1 heterocycles. The molecule has 28 heavy (non-hydrogen) atoms. The molecule has 1 saturated carbocycles. The predicted molar refractivity (Wildman–Crippen MR) is 102 cm³/mol. The van der Waals surface area contributed by atoms with Gasteiger partial charge >= 0.3 is 12.2 Å². The zero-order valence-corrected chi connectivity index (χ0v) is 16.8. The molecule has 1 fully saturated rings. The fourth-order valence-corrected chi connectivity index (χ4v) is 4.47. The van der Waals surface area contributed by atoms with Crippen molar-refractivity contribution in [3.05, 3.63) is 34.1 Å². The molecule has 0 saturated heterocycles. The van der Waals surface area contributed by atoms with E-state index >= 15 is 0 Å². The van der Waals surface area contributed by atoms with Crippen molar-refractivity contribution in [3.8, 4) is 0 Å². The standard InChI is InChI=1S/C18H21BrFN3O5/c1-10(21-15(24)25)9-17(27)4-6-18(7-5-17)14(22-23-16(26)28-18)12-3-2-11(20)8-13(12)19/h2-3,8,10,21,27H,4-7,9H2,1H3,(H,23,26)(H,24,25)/t10-,17?,18?/m0/s1. The van der Waals surface area contributed by atoms with Crippen LogP contribution in [0.5, 0.6) is 0 Å². The van der Waals surface area contributed by atoms with Gasteiger partial charge in [-0.15, -0.1) is 0 Å². The maximum absolute atomic E-state index is 13.5. The van der Waals surface area contributed by atoms with E-state index in [0.717, 1.165) is 0 Å². The van der Waals surface area contributed by atoms with E-state index in [1.54, 1.807) is 13.0 Å². The summed E-state index contributed by atoms with van der Waals surface area (Å²) in [5, 5.41) is 26.2. The first-order valence-electron chi connectivity index (χ1n) is 8.87. The Kier molecular flexibility index (Phi) is 5.62. The normalized spacial score (nSPS) is 28.1. The molecule has 1 spiro atoms. The Morgan fingerprint density at radius 3 is 2.71 bits per heavy atom. The largest absolute Gasteiger partial charge is 0.465 e. The van der Waals surface area contributed by atoms with Gasteiger partial charge in [-0.3, -0.25) is 0 Å². The first-order valence-corrected chi connectivity index (χ1v) is 9.66. The molecular weight excluding hydrogens is 437 g/mol. The number of rotatable bonds is 4. The Balaban J connectivity index is 1.82. The summed E-state index contributed by atoms with van der Waals surface area (Å²) in [7, 11) is 0. The fourth-order valence-electron chi connectivity index (χ4n) is 3.93. The molecule has 1 aliphatic heterocycles. The van der Waals surface area contributed by atoms with Crippen LogP contribution < -0.4 is 10.7 Å². The second kappa shape index (κ2) is 7.67. The number of nitrogens with one attached hydrogen (secondary N) is 2. The molecule has 0 aromatic heterocycles. The Hall–Kier alpha value is -2.20. The molecule has 152 valence electrons. The smallest absolute Gasteiger partial charge is 0.428 e. The van der Waals surface area contributed by atoms with Gasteiger partial charge in [-0.1, -0.05) is 15.9 Å². The summed E-state index contributed by atoms with van der Waals surface area (Å²) in [5.74, 6) is -0.413. The quantitative estimate of drug-likeness (QED) is 0.553. The van der Waals surface area contributed by atoms with Crippen molar-refractivity contribution in [1.29, 1.82) is 0 Å². The first kappa shape index (κ1) is 20.5. The average molecular weight is 458 g/mol. The molecule has 0 radical (unpaired) electrons. The Labute approximate surface area is 169 Å². The number of hydrazone groups is 1. The Bertz CT molecular complexity index is 823. The summed E-state index contributed by atoms with van der Waals surface area (Å²) in [6.45, 7) is 1.68. The van der Waals surface area contributed by atoms with Gasteiger partial charge in [0.1, 0.15) is 11.5 Å². The summed E-state index contributed by atoms with van der Waals surface area (Å²) >= 11 is 3.32. The molecule has 2 amide bonds. The van der Waals surface area contributed by atoms with Gasteiger partial charge in [-0.25, -0.2) is 19.4 Å². The number of hydrogen-bond acceptors (Lipinski definition) is 5. The van der Waals surface area contributed by atoms with E-state index in [4.69, 9.17) is 9.84 Å². The van der Waals surface area contributed by atoms with Crippen LogP contribution in [0.3, 0.4) is 0 Å². The van der Waals surface area contributed by atoms with E-state index in [1.807, 2.05) is 0 Å². The SMILES string of the molecule is C[C@@H](CC1(O)CCC2(CC1)OC(=O)NN=C2c1ccc(F)cc1Br)NC(=O)O. The summed E-state index contributed by atoms with van der Waals surface area (Å²) in [6, 6.07) is 3.73. The maximum Gasteiger partial charge on any atom is 0.428 e. The van der Waals surface area contributed by atoms with Crippen molar-refractivity contribution >= 4 is 33.8 Å². The van der Waals surface area contributed by atoms with Gasteiger partial charge in [0.15, 0.2) is 5.60 Å². The molecule has 8 nitrogen and oxygen atoms in total. The lowest BCUT2D eigenvalue weighted by Gasteiger charge is -2.45. The topological polar surface area (TPSA) is 120 Å². The third-order valence-corrected chi connectivity index (χ3v) is 5.87. The molecule has 0 bridgehead atoms. The predicted octanol–water partition coefficient (Wildman–Crippen LogP) is 3.12. The molecule has 1 aromatic carbocycles. The van der Waals surface area contributed by atoms with E-state index in [2.05, 4.69) is 31.8 Å². The minimum Gasteiger partial charge on any atom is -0.465 e. The number of carbonyl (C=O) groups is 2. The lowest BCUT2D eigenvalue weighted by Crippen LogP contribution is -2.55. The van der Waals surface area contributed by atoms with Gasteiger partial charge in [-0.05, 0) is 57.2 Å². The van der Waals surface area contributed by atoms with Crippen molar-refractivity contribution < 1.29 is 28.9 Å². The van der Waals surface area contributed by atoms with Crippen molar-refractivity contribution in [2.45, 2.75) is 56.3 Å². The molecule has 0 unspecified atom stereocenters. The summed E-state index contributed by atoms with van der Waals surface area (Å²) in [4.78, 5) is 22.6. The number of aliphatic hydroxyl groups is 1. The maximum atomic E-state index is 13.5. The highest BCUT2D eigenvalue weighted by atomic mass is 79.9. The van der Waals surface area contributed by atoms with E-state index in [-0.39, 0.29) is 6.42 Å². The highest BCUT2D eigenvalue weighted by Gasteiger charge is 2.50. The van der Waals surface area contributed by atoms with Crippen LogP contribution in [0.4, 0.5) is 14.0 Å². The van der Waals surface area contributed by atoms with Crippen LogP contribution in [0.2, 0.25) is 0 Å². The van der Waals surface area contributed by atoms with E-state index in [1.165, 1.54) is 12.1 Å². The van der Waals surface area contributed by atoms with Crippen LogP contribution in [0.1, 0.15) is 44.6 Å².